The second kappa shape index (κ2) is 14.3. The van der Waals surface area contributed by atoms with Crippen molar-refractivity contribution in [3.05, 3.63) is 35.6 Å². The first kappa shape index (κ1) is 24.7. The minimum Gasteiger partial charge on any atom is -0.348 e. The van der Waals surface area contributed by atoms with Crippen molar-refractivity contribution in [3.63, 3.8) is 0 Å². The first-order chi connectivity index (χ1) is 15.2. The number of hydrogen-bond donors (Lipinski definition) is 0. The van der Waals surface area contributed by atoms with Gasteiger partial charge in [-0.05, 0) is 30.4 Å². The molecule has 3 heteroatoms. The van der Waals surface area contributed by atoms with Gasteiger partial charge < -0.3 is 9.47 Å². The molecule has 2 aliphatic rings. The van der Waals surface area contributed by atoms with Gasteiger partial charge in [-0.2, -0.15) is 0 Å². The summed E-state index contributed by atoms with van der Waals surface area (Å²) in [5, 5.41) is 0. The summed E-state index contributed by atoms with van der Waals surface area (Å²) in [6, 6.07) is 6.46. The lowest BCUT2D eigenvalue weighted by Gasteiger charge is -2.32. The van der Waals surface area contributed by atoms with Crippen LogP contribution < -0.4 is 0 Å². The molecule has 1 saturated heterocycles. The normalized spacial score (nSPS) is 26.8. The van der Waals surface area contributed by atoms with Crippen LogP contribution in [0.15, 0.2) is 24.3 Å². The van der Waals surface area contributed by atoms with Gasteiger partial charge in [0.15, 0.2) is 6.29 Å². The highest BCUT2D eigenvalue weighted by Gasteiger charge is 2.26. The molecule has 0 atom stereocenters. The van der Waals surface area contributed by atoms with Gasteiger partial charge >= 0.3 is 0 Å². The molecule has 0 bridgehead atoms. The van der Waals surface area contributed by atoms with Crippen LogP contribution in [-0.2, 0) is 9.47 Å². The SMILES string of the molecule is CCCCCCCCCCC1CCC(CCC2COC(c3ccc(F)cc3)OC2)CC1. The van der Waals surface area contributed by atoms with Crippen LogP contribution in [0.3, 0.4) is 0 Å². The van der Waals surface area contributed by atoms with E-state index in [-0.39, 0.29) is 12.1 Å². The van der Waals surface area contributed by atoms with E-state index in [1.54, 1.807) is 12.1 Å². The maximum atomic E-state index is 13.1. The minimum absolute atomic E-state index is 0.218. The van der Waals surface area contributed by atoms with E-state index < -0.39 is 0 Å². The number of rotatable bonds is 13. The van der Waals surface area contributed by atoms with Gasteiger partial charge in [-0.1, -0.05) is 109 Å². The zero-order valence-corrected chi connectivity index (χ0v) is 19.8. The smallest absolute Gasteiger partial charge is 0.183 e. The summed E-state index contributed by atoms with van der Waals surface area (Å²) in [5.41, 5.74) is 0.912. The summed E-state index contributed by atoms with van der Waals surface area (Å²) >= 11 is 0. The van der Waals surface area contributed by atoms with Gasteiger partial charge in [-0.15, -0.1) is 0 Å². The molecule has 0 aromatic heterocycles. The first-order valence-corrected chi connectivity index (χ1v) is 13.2. The average molecular weight is 433 g/mol. The second-order valence-corrected chi connectivity index (χ2v) is 10.1. The molecule has 2 fully saturated rings. The maximum Gasteiger partial charge on any atom is 0.183 e. The Kier molecular flexibility index (Phi) is 11.4. The number of benzene rings is 1. The second-order valence-electron chi connectivity index (χ2n) is 10.1. The predicted molar refractivity (Wildman–Crippen MR) is 126 cm³/mol. The molecule has 0 amide bonds. The van der Waals surface area contributed by atoms with Crippen LogP contribution in [0.25, 0.3) is 0 Å². The minimum atomic E-state index is -0.330. The Labute approximate surface area is 190 Å². The molecule has 2 nitrogen and oxygen atoms in total. The van der Waals surface area contributed by atoms with Crippen molar-refractivity contribution >= 4 is 0 Å². The molecular weight excluding hydrogens is 387 g/mol. The molecule has 1 aliphatic heterocycles. The zero-order valence-electron chi connectivity index (χ0n) is 19.8. The molecule has 176 valence electrons. The summed E-state index contributed by atoms with van der Waals surface area (Å²) in [4.78, 5) is 0. The van der Waals surface area contributed by atoms with Crippen molar-refractivity contribution in [1.82, 2.24) is 0 Å². The van der Waals surface area contributed by atoms with Crippen molar-refractivity contribution in [1.29, 1.82) is 0 Å². The summed E-state index contributed by atoms with van der Waals surface area (Å²) < 4.78 is 24.9. The van der Waals surface area contributed by atoms with Crippen LogP contribution in [0, 0.1) is 23.6 Å². The average Bonchev–Trinajstić information content (AvgIpc) is 2.81. The third kappa shape index (κ3) is 9.22. The molecule has 0 spiro atoms. The van der Waals surface area contributed by atoms with Crippen LogP contribution in [0.1, 0.15) is 115 Å². The quantitative estimate of drug-likeness (QED) is 0.290. The van der Waals surface area contributed by atoms with Crippen LogP contribution >= 0.6 is 0 Å². The zero-order chi connectivity index (χ0) is 21.7. The molecule has 0 N–H and O–H groups in total. The van der Waals surface area contributed by atoms with E-state index in [1.165, 1.54) is 108 Å². The lowest BCUT2D eigenvalue weighted by atomic mass is 9.77. The Balaban J connectivity index is 1.19. The molecule has 31 heavy (non-hydrogen) atoms. The molecular formula is C28H45FO2. The molecule has 0 radical (unpaired) electrons. The van der Waals surface area contributed by atoms with E-state index in [4.69, 9.17) is 9.47 Å². The Morgan fingerprint density at radius 1 is 0.677 bits per heavy atom. The van der Waals surface area contributed by atoms with Crippen LogP contribution in [0.4, 0.5) is 4.39 Å². The van der Waals surface area contributed by atoms with E-state index in [9.17, 15) is 4.39 Å². The van der Waals surface area contributed by atoms with Crippen molar-refractivity contribution in [2.45, 2.75) is 110 Å². The summed E-state index contributed by atoms with van der Waals surface area (Å²) in [6.45, 7) is 3.81. The largest absolute Gasteiger partial charge is 0.348 e. The fourth-order valence-corrected chi connectivity index (χ4v) is 5.37. The van der Waals surface area contributed by atoms with Crippen molar-refractivity contribution in [3.8, 4) is 0 Å². The first-order valence-electron chi connectivity index (χ1n) is 13.2. The van der Waals surface area contributed by atoms with Gasteiger partial charge in [-0.25, -0.2) is 4.39 Å². The third-order valence-corrected chi connectivity index (χ3v) is 7.52. The van der Waals surface area contributed by atoms with E-state index in [0.717, 1.165) is 30.6 Å². The highest BCUT2D eigenvalue weighted by atomic mass is 19.1. The topological polar surface area (TPSA) is 18.5 Å². The monoisotopic (exact) mass is 432 g/mol. The third-order valence-electron chi connectivity index (χ3n) is 7.52. The predicted octanol–water partition coefficient (Wildman–Crippen LogP) is 8.60. The number of unbranched alkanes of at least 4 members (excludes halogenated alkanes) is 7. The standard InChI is InChI=1S/C28H45FO2/c1-2-3-4-5-6-7-8-9-10-23-11-13-24(14-12-23)15-16-25-21-30-28(31-22-25)26-17-19-27(29)20-18-26/h17-20,23-25,28H,2-16,21-22H2,1H3. The molecule has 1 heterocycles. The highest BCUT2D eigenvalue weighted by molar-refractivity contribution is 5.17. The fraction of sp³-hybridized carbons (Fsp3) is 0.786. The lowest BCUT2D eigenvalue weighted by Crippen LogP contribution is -2.28. The maximum absolute atomic E-state index is 13.1. The van der Waals surface area contributed by atoms with Gasteiger partial charge in [0.05, 0.1) is 13.2 Å². The molecule has 1 aromatic rings. The molecule has 3 rings (SSSR count). The van der Waals surface area contributed by atoms with Crippen molar-refractivity contribution in [2.24, 2.45) is 17.8 Å². The Morgan fingerprint density at radius 2 is 1.19 bits per heavy atom. The van der Waals surface area contributed by atoms with Crippen LogP contribution in [-0.4, -0.2) is 13.2 Å². The van der Waals surface area contributed by atoms with E-state index in [2.05, 4.69) is 6.92 Å². The van der Waals surface area contributed by atoms with Gasteiger partial charge in [0, 0.05) is 11.5 Å². The van der Waals surface area contributed by atoms with Gasteiger partial charge in [-0.3, -0.25) is 0 Å². The highest BCUT2D eigenvalue weighted by Crippen LogP contribution is 2.36. The van der Waals surface area contributed by atoms with E-state index >= 15 is 0 Å². The van der Waals surface area contributed by atoms with Crippen LogP contribution in [0.2, 0.25) is 0 Å². The fourth-order valence-electron chi connectivity index (χ4n) is 5.37. The van der Waals surface area contributed by atoms with Crippen molar-refractivity contribution < 1.29 is 13.9 Å². The summed E-state index contributed by atoms with van der Waals surface area (Å²) in [5.74, 6) is 2.19. The molecule has 1 aromatic carbocycles. The Bertz CT molecular complexity index is 571. The lowest BCUT2D eigenvalue weighted by molar-refractivity contribution is -0.206. The number of ether oxygens (including phenoxy) is 2. The van der Waals surface area contributed by atoms with E-state index in [0.29, 0.717) is 5.92 Å². The van der Waals surface area contributed by atoms with Gasteiger partial charge in [0.25, 0.3) is 0 Å². The molecule has 1 saturated carbocycles. The summed E-state index contributed by atoms with van der Waals surface area (Å²) in [7, 11) is 0. The van der Waals surface area contributed by atoms with Crippen molar-refractivity contribution in [2.75, 3.05) is 13.2 Å². The van der Waals surface area contributed by atoms with Crippen LogP contribution in [0.5, 0.6) is 0 Å². The Hall–Kier alpha value is -0.930. The van der Waals surface area contributed by atoms with Gasteiger partial charge in [0.2, 0.25) is 0 Å². The Morgan fingerprint density at radius 3 is 1.81 bits per heavy atom. The number of halogens is 1. The number of hydrogen-bond acceptors (Lipinski definition) is 2. The van der Waals surface area contributed by atoms with E-state index in [1.807, 2.05) is 0 Å². The van der Waals surface area contributed by atoms with Gasteiger partial charge in [0.1, 0.15) is 5.82 Å². The summed E-state index contributed by atoms with van der Waals surface area (Å²) in [6.07, 6.45) is 20.9. The molecule has 1 aliphatic carbocycles. The molecule has 0 unspecified atom stereocenters.